The Morgan fingerprint density at radius 3 is 2.86 bits per heavy atom. The summed E-state index contributed by atoms with van der Waals surface area (Å²) in [6.07, 6.45) is 1.76. The summed E-state index contributed by atoms with van der Waals surface area (Å²) in [5.74, 6) is 0.242. The number of fused-ring (bicyclic) bond motifs is 1. The van der Waals surface area contributed by atoms with E-state index in [1.807, 2.05) is 19.9 Å². The maximum Gasteiger partial charge on any atom is 0.269 e. The molecule has 6 nitrogen and oxygen atoms in total. The van der Waals surface area contributed by atoms with Gasteiger partial charge in [0.05, 0.1) is 5.69 Å². The normalized spacial score (nSPS) is 11.0. The number of amides is 1. The van der Waals surface area contributed by atoms with E-state index in [-0.39, 0.29) is 5.91 Å². The first kappa shape index (κ1) is 13.6. The third kappa shape index (κ3) is 2.36. The molecule has 0 aliphatic carbocycles. The zero-order valence-electron chi connectivity index (χ0n) is 12.0. The topological polar surface area (TPSA) is 85.8 Å². The molecular formula is C14H15N5OS. The Morgan fingerprint density at radius 2 is 2.19 bits per heavy atom. The maximum absolute atomic E-state index is 12.4. The number of rotatable bonds is 2. The van der Waals surface area contributed by atoms with E-state index < -0.39 is 0 Å². The van der Waals surface area contributed by atoms with Crippen molar-refractivity contribution in [3.05, 3.63) is 34.5 Å². The molecule has 3 rings (SSSR count). The van der Waals surface area contributed by atoms with Gasteiger partial charge < -0.3 is 11.1 Å². The quantitative estimate of drug-likeness (QED) is 0.761. The minimum atomic E-state index is -0.258. The number of carbonyl (C=O) groups excluding carboxylic acids is 1. The standard InChI is InChI=1S/C14H15N5OS/c1-7-6-8(2)16-14-10(7)11(15)12(21-14)13(20)17-9-4-5-19(3)18-9/h4-6H,15H2,1-3H3,(H,17,18,20). The van der Waals surface area contributed by atoms with E-state index in [4.69, 9.17) is 5.73 Å². The third-order valence-electron chi connectivity index (χ3n) is 3.19. The molecule has 0 bridgehead atoms. The van der Waals surface area contributed by atoms with Crippen LogP contribution in [0.5, 0.6) is 0 Å². The van der Waals surface area contributed by atoms with E-state index in [1.165, 1.54) is 11.3 Å². The highest BCUT2D eigenvalue weighted by molar-refractivity contribution is 7.21. The van der Waals surface area contributed by atoms with E-state index in [9.17, 15) is 4.79 Å². The fourth-order valence-corrected chi connectivity index (χ4v) is 3.40. The van der Waals surface area contributed by atoms with E-state index in [2.05, 4.69) is 15.4 Å². The molecule has 0 radical (unpaired) electrons. The molecule has 3 N–H and O–H groups in total. The summed E-state index contributed by atoms with van der Waals surface area (Å²) in [5.41, 5.74) is 8.56. The first-order valence-electron chi connectivity index (χ1n) is 6.43. The predicted molar refractivity (Wildman–Crippen MR) is 84.7 cm³/mol. The molecule has 3 heterocycles. The number of anilines is 2. The molecule has 0 aliphatic heterocycles. The average Bonchev–Trinajstić information content (AvgIpc) is 2.93. The molecule has 1 amide bonds. The van der Waals surface area contributed by atoms with Gasteiger partial charge in [0.1, 0.15) is 9.71 Å². The van der Waals surface area contributed by atoms with Crippen molar-refractivity contribution in [2.24, 2.45) is 7.05 Å². The monoisotopic (exact) mass is 301 g/mol. The Bertz CT molecular complexity index is 849. The van der Waals surface area contributed by atoms with Gasteiger partial charge in [0.15, 0.2) is 5.82 Å². The number of hydrogen-bond acceptors (Lipinski definition) is 5. The van der Waals surface area contributed by atoms with Crippen LogP contribution in [0.4, 0.5) is 11.5 Å². The molecule has 0 unspecified atom stereocenters. The zero-order chi connectivity index (χ0) is 15.1. The molecule has 21 heavy (non-hydrogen) atoms. The third-order valence-corrected chi connectivity index (χ3v) is 4.28. The lowest BCUT2D eigenvalue weighted by atomic mass is 10.1. The lowest BCUT2D eigenvalue weighted by molar-refractivity contribution is 0.103. The van der Waals surface area contributed by atoms with Crippen molar-refractivity contribution in [2.75, 3.05) is 11.1 Å². The van der Waals surface area contributed by atoms with Crippen LogP contribution in [0.2, 0.25) is 0 Å². The smallest absolute Gasteiger partial charge is 0.269 e. The lowest BCUT2D eigenvalue weighted by Gasteiger charge is -2.01. The number of carbonyl (C=O) groups is 1. The van der Waals surface area contributed by atoms with Crippen LogP contribution in [0.3, 0.4) is 0 Å². The number of nitrogens with zero attached hydrogens (tertiary/aromatic N) is 3. The van der Waals surface area contributed by atoms with Crippen LogP contribution in [0.1, 0.15) is 20.9 Å². The van der Waals surface area contributed by atoms with Gasteiger partial charge in [-0.25, -0.2) is 4.98 Å². The number of nitrogens with two attached hydrogens (primary N) is 1. The highest BCUT2D eigenvalue weighted by atomic mass is 32.1. The zero-order valence-corrected chi connectivity index (χ0v) is 12.8. The summed E-state index contributed by atoms with van der Waals surface area (Å²) in [6.45, 7) is 3.90. The van der Waals surface area contributed by atoms with Gasteiger partial charge in [-0.1, -0.05) is 0 Å². The Labute approximate surface area is 125 Å². The molecule has 7 heteroatoms. The maximum atomic E-state index is 12.4. The van der Waals surface area contributed by atoms with Crippen LogP contribution in [0, 0.1) is 13.8 Å². The number of aryl methyl sites for hydroxylation is 3. The first-order valence-corrected chi connectivity index (χ1v) is 7.24. The Morgan fingerprint density at radius 1 is 1.43 bits per heavy atom. The number of hydrogen-bond donors (Lipinski definition) is 2. The summed E-state index contributed by atoms with van der Waals surface area (Å²) >= 11 is 1.30. The van der Waals surface area contributed by atoms with Crippen molar-refractivity contribution >= 4 is 39.0 Å². The van der Waals surface area contributed by atoms with Gasteiger partial charge in [-0.05, 0) is 25.5 Å². The van der Waals surface area contributed by atoms with Crippen LogP contribution in [-0.2, 0) is 7.05 Å². The highest BCUT2D eigenvalue weighted by Gasteiger charge is 2.19. The summed E-state index contributed by atoms with van der Waals surface area (Å²) in [6, 6.07) is 3.70. The second kappa shape index (κ2) is 4.85. The molecule has 0 saturated carbocycles. The number of nitrogen functional groups attached to an aromatic ring is 1. The number of nitrogens with one attached hydrogen (secondary N) is 1. The SMILES string of the molecule is Cc1cc(C)c2c(N)c(C(=O)Nc3ccn(C)n3)sc2n1. The van der Waals surface area contributed by atoms with Gasteiger partial charge in [-0.2, -0.15) is 5.10 Å². The van der Waals surface area contributed by atoms with Crippen molar-refractivity contribution in [3.8, 4) is 0 Å². The van der Waals surface area contributed by atoms with Crippen LogP contribution in [-0.4, -0.2) is 20.7 Å². The minimum Gasteiger partial charge on any atom is -0.397 e. The van der Waals surface area contributed by atoms with Gasteiger partial charge in [0.25, 0.3) is 5.91 Å². The molecule has 0 spiro atoms. The van der Waals surface area contributed by atoms with Crippen molar-refractivity contribution < 1.29 is 4.79 Å². The fraction of sp³-hybridized carbons (Fsp3) is 0.214. The second-order valence-corrected chi connectivity index (χ2v) is 5.93. The average molecular weight is 301 g/mol. The van der Waals surface area contributed by atoms with E-state index in [0.29, 0.717) is 16.4 Å². The Hall–Kier alpha value is -2.41. The summed E-state index contributed by atoms with van der Waals surface area (Å²) in [4.78, 5) is 18.1. The highest BCUT2D eigenvalue weighted by Crippen LogP contribution is 2.35. The molecule has 0 aromatic carbocycles. The molecule has 108 valence electrons. The van der Waals surface area contributed by atoms with Gasteiger partial charge in [-0.3, -0.25) is 9.48 Å². The summed E-state index contributed by atoms with van der Waals surface area (Å²) in [7, 11) is 1.79. The van der Waals surface area contributed by atoms with Gasteiger partial charge >= 0.3 is 0 Å². The van der Waals surface area contributed by atoms with E-state index >= 15 is 0 Å². The Balaban J connectivity index is 2.02. The van der Waals surface area contributed by atoms with Crippen molar-refractivity contribution in [1.29, 1.82) is 0 Å². The van der Waals surface area contributed by atoms with E-state index in [0.717, 1.165) is 21.5 Å². The van der Waals surface area contributed by atoms with E-state index in [1.54, 1.807) is 24.0 Å². The number of thiophene rings is 1. The second-order valence-electron chi connectivity index (χ2n) is 4.93. The predicted octanol–water partition coefficient (Wildman–Crippen LogP) is 2.48. The van der Waals surface area contributed by atoms with Crippen LogP contribution >= 0.6 is 11.3 Å². The molecule has 0 aliphatic rings. The summed E-state index contributed by atoms with van der Waals surface area (Å²) in [5, 5.41) is 7.73. The van der Waals surface area contributed by atoms with Gasteiger partial charge in [-0.15, -0.1) is 11.3 Å². The molecule has 0 fully saturated rings. The molecule has 3 aromatic rings. The lowest BCUT2D eigenvalue weighted by Crippen LogP contribution is -2.12. The molecule has 0 atom stereocenters. The van der Waals surface area contributed by atoms with Crippen LogP contribution in [0.15, 0.2) is 18.3 Å². The van der Waals surface area contributed by atoms with Gasteiger partial charge in [0, 0.05) is 30.4 Å². The van der Waals surface area contributed by atoms with Crippen molar-refractivity contribution in [1.82, 2.24) is 14.8 Å². The van der Waals surface area contributed by atoms with Crippen LogP contribution in [0.25, 0.3) is 10.2 Å². The minimum absolute atomic E-state index is 0.258. The fourth-order valence-electron chi connectivity index (χ4n) is 2.29. The van der Waals surface area contributed by atoms with Crippen molar-refractivity contribution in [3.63, 3.8) is 0 Å². The van der Waals surface area contributed by atoms with Crippen LogP contribution < -0.4 is 11.1 Å². The first-order chi connectivity index (χ1) is 9.95. The molecule has 0 saturated heterocycles. The largest absolute Gasteiger partial charge is 0.397 e. The Kier molecular flexibility index (Phi) is 3.13. The number of aromatic nitrogens is 3. The molecule has 3 aromatic heterocycles. The van der Waals surface area contributed by atoms with Crippen molar-refractivity contribution in [2.45, 2.75) is 13.8 Å². The number of pyridine rings is 1. The summed E-state index contributed by atoms with van der Waals surface area (Å²) < 4.78 is 1.62. The van der Waals surface area contributed by atoms with Gasteiger partial charge in [0.2, 0.25) is 0 Å². The molecular weight excluding hydrogens is 286 g/mol.